The summed E-state index contributed by atoms with van der Waals surface area (Å²) in [5, 5.41) is 3.53. The fourth-order valence-electron chi connectivity index (χ4n) is 2.04. The Hall–Kier alpha value is -0.150. The summed E-state index contributed by atoms with van der Waals surface area (Å²) in [7, 11) is 0. The van der Waals surface area contributed by atoms with Gasteiger partial charge in [0.2, 0.25) is 0 Å². The fraction of sp³-hybridized carbons (Fsp3) is 1.00. The quantitative estimate of drug-likeness (QED) is 0.696. The number of rotatable bonds is 2. The van der Waals surface area contributed by atoms with E-state index in [-0.39, 0.29) is 12.2 Å². The third-order valence-corrected chi connectivity index (χ3v) is 3.41. The van der Waals surface area contributed by atoms with Crippen molar-refractivity contribution in [1.82, 2.24) is 10.2 Å². The molecule has 0 atom stereocenters. The average molecular weight is 186 g/mol. The highest BCUT2D eigenvalue weighted by Crippen LogP contribution is 2.39. The molecule has 0 bridgehead atoms. The predicted molar refractivity (Wildman–Crippen MR) is 51.6 cm³/mol. The third-order valence-electron chi connectivity index (χ3n) is 3.41. The predicted octanol–water partition coefficient (Wildman–Crippen LogP) is 1.17. The van der Waals surface area contributed by atoms with Crippen LogP contribution < -0.4 is 5.32 Å². The first kappa shape index (κ1) is 9.41. The van der Waals surface area contributed by atoms with Crippen molar-refractivity contribution in [2.24, 2.45) is 0 Å². The first-order valence-corrected chi connectivity index (χ1v) is 5.14. The molecule has 1 aliphatic heterocycles. The second kappa shape index (κ2) is 2.92. The summed E-state index contributed by atoms with van der Waals surface area (Å²) in [4.78, 5) is 2.29. The molecule has 1 saturated heterocycles. The zero-order valence-electron chi connectivity index (χ0n) is 8.57. The van der Waals surface area contributed by atoms with Gasteiger partial charge in [0.1, 0.15) is 6.67 Å². The van der Waals surface area contributed by atoms with E-state index in [1.807, 2.05) is 13.8 Å². The molecular formula is C10H19FN2. The van der Waals surface area contributed by atoms with E-state index in [4.69, 9.17) is 0 Å². The van der Waals surface area contributed by atoms with Crippen LogP contribution in [0.15, 0.2) is 0 Å². The number of piperazine rings is 1. The minimum Gasteiger partial charge on any atom is -0.309 e. The van der Waals surface area contributed by atoms with Crippen molar-refractivity contribution in [3.63, 3.8) is 0 Å². The largest absolute Gasteiger partial charge is 0.309 e. The van der Waals surface area contributed by atoms with Gasteiger partial charge in [-0.05, 0) is 26.7 Å². The SMILES string of the molecule is CC(C)(CF)N1CCNC2(CC2)C1. The maximum Gasteiger partial charge on any atom is 0.107 e. The van der Waals surface area contributed by atoms with Crippen LogP contribution in [0.1, 0.15) is 26.7 Å². The van der Waals surface area contributed by atoms with E-state index >= 15 is 0 Å². The number of hydrogen-bond donors (Lipinski definition) is 1. The molecule has 1 saturated carbocycles. The molecule has 0 aromatic rings. The Kier molecular flexibility index (Phi) is 2.11. The smallest absolute Gasteiger partial charge is 0.107 e. The minimum absolute atomic E-state index is 0.247. The van der Waals surface area contributed by atoms with Gasteiger partial charge in [-0.1, -0.05) is 0 Å². The highest BCUT2D eigenvalue weighted by Gasteiger charge is 2.47. The molecule has 2 nitrogen and oxygen atoms in total. The van der Waals surface area contributed by atoms with Crippen molar-refractivity contribution in [2.75, 3.05) is 26.3 Å². The van der Waals surface area contributed by atoms with E-state index in [9.17, 15) is 4.39 Å². The number of nitrogens with zero attached hydrogens (tertiary/aromatic N) is 1. The van der Waals surface area contributed by atoms with Crippen molar-refractivity contribution in [3.8, 4) is 0 Å². The monoisotopic (exact) mass is 186 g/mol. The van der Waals surface area contributed by atoms with Gasteiger partial charge in [0, 0.05) is 30.7 Å². The van der Waals surface area contributed by atoms with Crippen LogP contribution in [0.4, 0.5) is 4.39 Å². The Balaban J connectivity index is 1.99. The second-order valence-electron chi connectivity index (χ2n) is 5.07. The lowest BCUT2D eigenvalue weighted by atomic mass is 10.0. The van der Waals surface area contributed by atoms with Gasteiger partial charge in [-0.15, -0.1) is 0 Å². The molecule has 1 spiro atoms. The van der Waals surface area contributed by atoms with Crippen LogP contribution in [0.2, 0.25) is 0 Å². The van der Waals surface area contributed by atoms with Gasteiger partial charge in [0.05, 0.1) is 0 Å². The van der Waals surface area contributed by atoms with E-state index in [1.165, 1.54) is 12.8 Å². The summed E-state index contributed by atoms with van der Waals surface area (Å²) in [6.07, 6.45) is 2.54. The van der Waals surface area contributed by atoms with Crippen LogP contribution in [-0.2, 0) is 0 Å². The van der Waals surface area contributed by atoms with Crippen molar-refractivity contribution < 1.29 is 4.39 Å². The highest BCUT2D eigenvalue weighted by atomic mass is 19.1. The number of nitrogens with one attached hydrogen (secondary N) is 1. The van der Waals surface area contributed by atoms with Crippen molar-refractivity contribution in [1.29, 1.82) is 0 Å². The molecule has 0 radical (unpaired) electrons. The maximum atomic E-state index is 12.8. The molecule has 1 aliphatic carbocycles. The number of hydrogen-bond acceptors (Lipinski definition) is 2. The average Bonchev–Trinajstić information content (AvgIpc) is 2.85. The Morgan fingerprint density at radius 3 is 2.69 bits per heavy atom. The zero-order chi connectivity index (χ0) is 9.53. The summed E-state index contributed by atoms with van der Waals surface area (Å²) in [6, 6.07) is 0. The molecule has 0 unspecified atom stereocenters. The molecule has 1 N–H and O–H groups in total. The van der Waals surface area contributed by atoms with Gasteiger partial charge in [-0.3, -0.25) is 4.90 Å². The van der Waals surface area contributed by atoms with Crippen LogP contribution in [0.5, 0.6) is 0 Å². The number of alkyl halides is 1. The summed E-state index contributed by atoms with van der Waals surface area (Å²) >= 11 is 0. The van der Waals surface area contributed by atoms with Gasteiger partial charge < -0.3 is 5.32 Å². The van der Waals surface area contributed by atoms with Gasteiger partial charge >= 0.3 is 0 Å². The number of halogens is 1. The summed E-state index contributed by atoms with van der Waals surface area (Å²) in [5.74, 6) is 0. The highest BCUT2D eigenvalue weighted by molar-refractivity contribution is 5.08. The van der Waals surface area contributed by atoms with Crippen molar-refractivity contribution in [3.05, 3.63) is 0 Å². The van der Waals surface area contributed by atoms with E-state index in [0.29, 0.717) is 5.54 Å². The normalized spacial score (nSPS) is 27.9. The Morgan fingerprint density at radius 1 is 1.46 bits per heavy atom. The van der Waals surface area contributed by atoms with Gasteiger partial charge in [-0.25, -0.2) is 4.39 Å². The molecule has 0 aromatic heterocycles. The van der Waals surface area contributed by atoms with Crippen LogP contribution in [0, 0.1) is 0 Å². The molecule has 13 heavy (non-hydrogen) atoms. The zero-order valence-corrected chi connectivity index (χ0v) is 8.57. The van der Waals surface area contributed by atoms with Gasteiger partial charge in [-0.2, -0.15) is 0 Å². The molecule has 0 aromatic carbocycles. The lowest BCUT2D eigenvalue weighted by molar-refractivity contribution is 0.0565. The lowest BCUT2D eigenvalue weighted by Gasteiger charge is -2.43. The van der Waals surface area contributed by atoms with E-state index < -0.39 is 0 Å². The second-order valence-corrected chi connectivity index (χ2v) is 5.07. The summed E-state index contributed by atoms with van der Waals surface area (Å²) in [6.45, 7) is 6.78. The lowest BCUT2D eigenvalue weighted by Crippen LogP contribution is -2.59. The molecule has 2 aliphatic rings. The standard InChI is InChI=1S/C10H19FN2/c1-9(2,7-11)13-6-5-12-10(8-13)3-4-10/h12H,3-8H2,1-2H3. The Bertz CT molecular complexity index is 199. The van der Waals surface area contributed by atoms with Crippen molar-refractivity contribution in [2.45, 2.75) is 37.8 Å². The van der Waals surface area contributed by atoms with E-state index in [0.717, 1.165) is 19.6 Å². The Morgan fingerprint density at radius 2 is 2.15 bits per heavy atom. The first-order chi connectivity index (χ1) is 6.08. The van der Waals surface area contributed by atoms with Gasteiger partial charge in [0.15, 0.2) is 0 Å². The van der Waals surface area contributed by atoms with Crippen molar-refractivity contribution >= 4 is 0 Å². The first-order valence-electron chi connectivity index (χ1n) is 5.14. The molecule has 76 valence electrons. The fourth-order valence-corrected chi connectivity index (χ4v) is 2.04. The van der Waals surface area contributed by atoms with Crippen LogP contribution >= 0.6 is 0 Å². The van der Waals surface area contributed by atoms with Crippen LogP contribution in [0.3, 0.4) is 0 Å². The molecule has 0 amide bonds. The molecule has 2 fully saturated rings. The van der Waals surface area contributed by atoms with Crippen LogP contribution in [0.25, 0.3) is 0 Å². The minimum atomic E-state index is -0.266. The molecule has 1 heterocycles. The maximum absolute atomic E-state index is 12.8. The van der Waals surface area contributed by atoms with Gasteiger partial charge in [0.25, 0.3) is 0 Å². The molecular weight excluding hydrogens is 167 g/mol. The summed E-state index contributed by atoms with van der Waals surface area (Å²) < 4.78 is 12.8. The van der Waals surface area contributed by atoms with E-state index in [1.54, 1.807) is 0 Å². The topological polar surface area (TPSA) is 15.3 Å². The Labute approximate surface area is 79.5 Å². The third kappa shape index (κ3) is 1.72. The molecule has 3 heteroatoms. The summed E-state index contributed by atoms with van der Waals surface area (Å²) in [5.41, 5.74) is 0.0996. The molecule has 2 rings (SSSR count). The van der Waals surface area contributed by atoms with E-state index in [2.05, 4.69) is 10.2 Å². The van der Waals surface area contributed by atoms with Crippen LogP contribution in [-0.4, -0.2) is 42.3 Å².